The molecule has 22 heavy (non-hydrogen) atoms. The molecule has 2 aromatic rings. The van der Waals surface area contributed by atoms with Gasteiger partial charge in [-0.05, 0) is 41.9 Å². The molecule has 0 saturated carbocycles. The molecule has 1 aromatic carbocycles. The second-order valence-corrected chi connectivity index (χ2v) is 6.27. The van der Waals surface area contributed by atoms with Crippen LogP contribution in [0, 0.1) is 0 Å². The van der Waals surface area contributed by atoms with Crippen LogP contribution in [0.2, 0.25) is 0 Å². The second-order valence-electron chi connectivity index (χ2n) is 5.52. The number of hydrogen-bond donors (Lipinski definition) is 1. The summed E-state index contributed by atoms with van der Waals surface area (Å²) in [6, 6.07) is 9.11. The normalized spacial score (nSPS) is 16.8. The Morgan fingerprint density at radius 1 is 1.27 bits per heavy atom. The van der Waals surface area contributed by atoms with Gasteiger partial charge in [0, 0.05) is 12.6 Å². The van der Waals surface area contributed by atoms with Crippen LogP contribution in [0.25, 0.3) is 11.4 Å². The number of imidazole rings is 1. The summed E-state index contributed by atoms with van der Waals surface area (Å²) in [5, 5.41) is 9.67. The van der Waals surface area contributed by atoms with Gasteiger partial charge < -0.3 is 9.67 Å². The third-order valence-electron chi connectivity index (χ3n) is 4.08. The Kier molecular flexibility index (Phi) is 4.31. The van der Waals surface area contributed by atoms with Crippen LogP contribution < -0.4 is 0 Å². The first-order valence-electron chi connectivity index (χ1n) is 7.34. The lowest BCUT2D eigenvalue weighted by atomic mass is 10.2. The first-order chi connectivity index (χ1) is 10.6. The van der Waals surface area contributed by atoms with Crippen molar-refractivity contribution in [3.05, 3.63) is 40.6 Å². The van der Waals surface area contributed by atoms with E-state index in [1.165, 1.54) is 0 Å². The summed E-state index contributed by atoms with van der Waals surface area (Å²) in [7, 11) is 1.89. The van der Waals surface area contributed by atoms with Crippen molar-refractivity contribution in [1.29, 1.82) is 0 Å². The molecular formula is C16H18BrN3O2. The monoisotopic (exact) mass is 363 g/mol. The average molecular weight is 364 g/mol. The minimum absolute atomic E-state index is 0.579. The number of halogens is 1. The molecule has 1 N–H and O–H groups in total. The van der Waals surface area contributed by atoms with Gasteiger partial charge in [-0.25, -0.2) is 4.98 Å². The summed E-state index contributed by atoms with van der Waals surface area (Å²) >= 11 is 3.52. The number of likely N-dealkylation sites (tertiary alicyclic amines) is 1. The predicted octanol–water partition coefficient (Wildman–Crippen LogP) is 3.07. The fourth-order valence-corrected chi connectivity index (χ4v) is 3.44. The van der Waals surface area contributed by atoms with E-state index in [0.717, 1.165) is 41.9 Å². The summed E-state index contributed by atoms with van der Waals surface area (Å²) in [5.74, 6) is -0.0757. The Balaban J connectivity index is 2.05. The second kappa shape index (κ2) is 6.22. The molecule has 3 rings (SSSR count). The molecule has 1 aromatic heterocycles. The molecule has 0 aliphatic carbocycles. The van der Waals surface area contributed by atoms with Crippen LogP contribution in [-0.2, 0) is 11.8 Å². The summed E-state index contributed by atoms with van der Waals surface area (Å²) in [5.41, 5.74) is 1.55. The van der Waals surface area contributed by atoms with Crippen molar-refractivity contribution < 1.29 is 9.90 Å². The number of rotatable bonds is 4. The van der Waals surface area contributed by atoms with E-state index in [4.69, 9.17) is 0 Å². The van der Waals surface area contributed by atoms with Crippen LogP contribution in [0.5, 0.6) is 0 Å². The van der Waals surface area contributed by atoms with Crippen LogP contribution in [0.4, 0.5) is 0 Å². The Hall–Kier alpha value is -1.66. The summed E-state index contributed by atoms with van der Waals surface area (Å²) in [4.78, 5) is 18.4. The van der Waals surface area contributed by atoms with Crippen molar-refractivity contribution in [2.45, 2.75) is 18.9 Å². The van der Waals surface area contributed by atoms with Gasteiger partial charge in [0.2, 0.25) is 0 Å². The Morgan fingerprint density at radius 3 is 2.50 bits per heavy atom. The average Bonchev–Trinajstić information content (AvgIpc) is 3.12. The van der Waals surface area contributed by atoms with Gasteiger partial charge in [0.25, 0.3) is 0 Å². The Bertz CT molecular complexity index is 678. The molecule has 2 heterocycles. The largest absolute Gasteiger partial charge is 0.480 e. The molecule has 0 amide bonds. The molecule has 1 unspecified atom stereocenters. The van der Waals surface area contributed by atoms with Crippen molar-refractivity contribution in [2.24, 2.45) is 7.05 Å². The number of aliphatic carboxylic acids is 1. The lowest BCUT2D eigenvalue weighted by molar-refractivity contribution is -0.143. The zero-order valence-corrected chi connectivity index (χ0v) is 14.0. The highest BCUT2D eigenvalue weighted by molar-refractivity contribution is 9.10. The number of aromatic nitrogens is 2. The minimum atomic E-state index is -0.847. The zero-order chi connectivity index (χ0) is 15.7. The number of carboxylic acid groups (broad SMARTS) is 1. The minimum Gasteiger partial charge on any atom is -0.480 e. The standard InChI is InChI=1S/C16H18BrN3O2/c1-19-14(17)12(13(16(21)22)20-9-5-6-10-20)18-15(19)11-7-3-2-4-8-11/h2-4,7-8,13H,5-6,9-10H2,1H3,(H,21,22). The number of carbonyl (C=O) groups is 1. The van der Waals surface area contributed by atoms with Gasteiger partial charge >= 0.3 is 5.97 Å². The van der Waals surface area contributed by atoms with Crippen LogP contribution in [0.3, 0.4) is 0 Å². The van der Waals surface area contributed by atoms with E-state index in [1.54, 1.807) is 0 Å². The molecule has 0 bridgehead atoms. The number of carboxylic acids is 1. The van der Waals surface area contributed by atoms with E-state index < -0.39 is 12.0 Å². The molecule has 0 radical (unpaired) electrons. The van der Waals surface area contributed by atoms with Crippen LogP contribution in [0.1, 0.15) is 24.6 Å². The molecule has 1 saturated heterocycles. The van der Waals surface area contributed by atoms with Gasteiger partial charge in [-0.1, -0.05) is 30.3 Å². The van der Waals surface area contributed by atoms with E-state index in [0.29, 0.717) is 5.69 Å². The summed E-state index contributed by atoms with van der Waals surface area (Å²) in [6.45, 7) is 1.61. The maximum Gasteiger partial charge on any atom is 0.327 e. The fourth-order valence-electron chi connectivity index (χ4n) is 2.97. The molecule has 6 heteroatoms. The number of nitrogens with zero attached hydrogens (tertiary/aromatic N) is 3. The van der Waals surface area contributed by atoms with E-state index in [-0.39, 0.29) is 0 Å². The van der Waals surface area contributed by atoms with Crippen LogP contribution in [-0.4, -0.2) is 38.6 Å². The SMILES string of the molecule is Cn1c(-c2ccccc2)nc(C(C(=O)O)N2CCCC2)c1Br. The van der Waals surface area contributed by atoms with Gasteiger partial charge in [0.15, 0.2) is 6.04 Å². The van der Waals surface area contributed by atoms with E-state index >= 15 is 0 Å². The molecule has 1 aliphatic rings. The van der Waals surface area contributed by atoms with Gasteiger partial charge in [-0.3, -0.25) is 9.69 Å². The smallest absolute Gasteiger partial charge is 0.327 e. The molecule has 1 atom stereocenters. The summed E-state index contributed by atoms with van der Waals surface area (Å²) in [6.07, 6.45) is 2.08. The van der Waals surface area contributed by atoms with E-state index in [1.807, 2.05) is 46.8 Å². The number of hydrogen-bond acceptors (Lipinski definition) is 3. The lowest BCUT2D eigenvalue weighted by Crippen LogP contribution is -2.32. The highest BCUT2D eigenvalue weighted by Crippen LogP contribution is 2.33. The maximum atomic E-state index is 11.8. The van der Waals surface area contributed by atoms with Crippen molar-refractivity contribution in [2.75, 3.05) is 13.1 Å². The maximum absolute atomic E-state index is 11.8. The lowest BCUT2D eigenvalue weighted by Gasteiger charge is -2.22. The van der Waals surface area contributed by atoms with Crippen LogP contribution >= 0.6 is 15.9 Å². The molecule has 0 spiro atoms. The Morgan fingerprint density at radius 2 is 1.91 bits per heavy atom. The van der Waals surface area contributed by atoms with E-state index in [2.05, 4.69) is 20.9 Å². The van der Waals surface area contributed by atoms with Crippen molar-refractivity contribution in [1.82, 2.24) is 14.5 Å². The topological polar surface area (TPSA) is 58.4 Å². The Labute approximate surface area is 137 Å². The van der Waals surface area contributed by atoms with Crippen LogP contribution in [0.15, 0.2) is 34.9 Å². The van der Waals surface area contributed by atoms with Crippen molar-refractivity contribution in [3.63, 3.8) is 0 Å². The summed E-state index contributed by atoms with van der Waals surface area (Å²) < 4.78 is 2.63. The van der Waals surface area contributed by atoms with Gasteiger partial charge in [-0.15, -0.1) is 0 Å². The molecule has 1 aliphatic heterocycles. The van der Waals surface area contributed by atoms with Gasteiger partial charge in [-0.2, -0.15) is 0 Å². The first-order valence-corrected chi connectivity index (χ1v) is 8.13. The third-order valence-corrected chi connectivity index (χ3v) is 5.02. The van der Waals surface area contributed by atoms with Crippen molar-refractivity contribution in [3.8, 4) is 11.4 Å². The van der Waals surface area contributed by atoms with Gasteiger partial charge in [0.1, 0.15) is 16.1 Å². The molecule has 5 nitrogen and oxygen atoms in total. The van der Waals surface area contributed by atoms with Gasteiger partial charge in [0.05, 0.1) is 0 Å². The quantitative estimate of drug-likeness (QED) is 0.906. The van der Waals surface area contributed by atoms with E-state index in [9.17, 15) is 9.90 Å². The van der Waals surface area contributed by atoms with Crippen molar-refractivity contribution >= 4 is 21.9 Å². The highest BCUT2D eigenvalue weighted by Gasteiger charge is 2.34. The predicted molar refractivity (Wildman–Crippen MR) is 87.5 cm³/mol. The fraction of sp³-hybridized carbons (Fsp3) is 0.375. The first kappa shape index (κ1) is 15.2. The molecule has 116 valence electrons. The third kappa shape index (κ3) is 2.68. The zero-order valence-electron chi connectivity index (χ0n) is 12.4. The molecule has 1 fully saturated rings. The molecular weight excluding hydrogens is 346 g/mol. The highest BCUT2D eigenvalue weighted by atomic mass is 79.9. The number of benzene rings is 1.